The molecule has 19 heavy (non-hydrogen) atoms. The predicted octanol–water partition coefficient (Wildman–Crippen LogP) is 3.91. The molecule has 5 heteroatoms. The predicted molar refractivity (Wildman–Crippen MR) is 67.6 cm³/mol. The smallest absolute Gasteiger partial charge is 0.308 e. The van der Waals surface area contributed by atoms with Gasteiger partial charge in [0.25, 0.3) is 0 Å². The van der Waals surface area contributed by atoms with Crippen LogP contribution in [0.3, 0.4) is 0 Å². The highest BCUT2D eigenvalue weighted by atomic mass is 19.4. The number of alkyl halides is 3. The molecule has 0 amide bonds. The second kappa shape index (κ2) is 6.37. The summed E-state index contributed by atoms with van der Waals surface area (Å²) in [7, 11) is 0. The van der Waals surface area contributed by atoms with Crippen LogP contribution in [0.15, 0.2) is 18.3 Å². The minimum Gasteiger partial charge on any atom is -0.308 e. The van der Waals surface area contributed by atoms with E-state index in [-0.39, 0.29) is 0 Å². The van der Waals surface area contributed by atoms with Gasteiger partial charge in [-0.2, -0.15) is 13.2 Å². The van der Waals surface area contributed by atoms with Crippen LogP contribution in [0.5, 0.6) is 0 Å². The Bertz CT molecular complexity index is 379. The first-order valence-corrected chi connectivity index (χ1v) is 6.81. The van der Waals surface area contributed by atoms with Crippen LogP contribution < -0.4 is 5.32 Å². The third-order valence-corrected chi connectivity index (χ3v) is 3.58. The van der Waals surface area contributed by atoms with Gasteiger partial charge >= 0.3 is 6.18 Å². The van der Waals surface area contributed by atoms with Crippen molar-refractivity contribution >= 4 is 0 Å². The fourth-order valence-electron chi connectivity index (χ4n) is 2.43. The standard InChI is InChI=1S/C14H19F3N2/c15-14(16,17)11-7-8-13(18-9-11)10-19-12-5-3-1-2-4-6-12/h7-9,12,19H,1-6,10H2. The maximum Gasteiger partial charge on any atom is 0.417 e. The number of rotatable bonds is 3. The lowest BCUT2D eigenvalue weighted by atomic mass is 10.1. The zero-order chi connectivity index (χ0) is 13.7. The van der Waals surface area contributed by atoms with Crippen molar-refractivity contribution in [1.82, 2.24) is 10.3 Å². The number of aromatic nitrogens is 1. The molecular formula is C14H19F3N2. The number of hydrogen-bond donors (Lipinski definition) is 1. The molecule has 1 aromatic heterocycles. The Morgan fingerprint density at radius 2 is 1.79 bits per heavy atom. The summed E-state index contributed by atoms with van der Waals surface area (Å²) in [6, 6.07) is 3.02. The maximum absolute atomic E-state index is 12.4. The quantitative estimate of drug-likeness (QED) is 0.844. The van der Waals surface area contributed by atoms with E-state index in [2.05, 4.69) is 10.3 Å². The summed E-state index contributed by atoms with van der Waals surface area (Å²) in [6.45, 7) is 0.544. The highest BCUT2D eigenvalue weighted by Gasteiger charge is 2.30. The molecule has 0 radical (unpaired) electrons. The van der Waals surface area contributed by atoms with E-state index in [1.807, 2.05) is 0 Å². The molecule has 0 atom stereocenters. The minimum absolute atomic E-state index is 0.478. The van der Waals surface area contributed by atoms with Gasteiger partial charge in [0.1, 0.15) is 0 Å². The van der Waals surface area contributed by atoms with Gasteiger partial charge in [-0.25, -0.2) is 0 Å². The molecule has 0 bridgehead atoms. The lowest BCUT2D eigenvalue weighted by Crippen LogP contribution is -2.28. The van der Waals surface area contributed by atoms with Crippen molar-refractivity contribution in [1.29, 1.82) is 0 Å². The van der Waals surface area contributed by atoms with Gasteiger partial charge in [0.2, 0.25) is 0 Å². The van der Waals surface area contributed by atoms with Gasteiger partial charge in [-0.15, -0.1) is 0 Å². The Morgan fingerprint density at radius 3 is 2.32 bits per heavy atom. The highest BCUT2D eigenvalue weighted by molar-refractivity contribution is 5.16. The molecule has 1 N–H and O–H groups in total. The first kappa shape index (κ1) is 14.3. The van der Waals surface area contributed by atoms with Gasteiger partial charge in [-0.1, -0.05) is 25.7 Å². The monoisotopic (exact) mass is 272 g/mol. The number of halogens is 3. The van der Waals surface area contributed by atoms with E-state index in [9.17, 15) is 13.2 Å². The Kier molecular flexibility index (Phi) is 4.80. The molecule has 0 unspecified atom stereocenters. The summed E-state index contributed by atoms with van der Waals surface area (Å²) in [4.78, 5) is 3.87. The van der Waals surface area contributed by atoms with Gasteiger partial charge in [0.05, 0.1) is 11.3 Å². The molecule has 0 aliphatic heterocycles. The third-order valence-electron chi connectivity index (χ3n) is 3.58. The second-order valence-corrected chi connectivity index (χ2v) is 5.11. The lowest BCUT2D eigenvalue weighted by molar-refractivity contribution is -0.137. The largest absolute Gasteiger partial charge is 0.417 e. The SMILES string of the molecule is FC(F)(F)c1ccc(CNC2CCCCCC2)nc1. The third kappa shape index (κ3) is 4.49. The topological polar surface area (TPSA) is 24.9 Å². The van der Waals surface area contributed by atoms with Crippen LogP contribution in [0.25, 0.3) is 0 Å². The zero-order valence-electron chi connectivity index (χ0n) is 10.8. The van der Waals surface area contributed by atoms with Crippen LogP contribution in [0, 0.1) is 0 Å². The molecule has 1 fully saturated rings. The summed E-state index contributed by atoms with van der Waals surface area (Å²) in [5.74, 6) is 0. The summed E-state index contributed by atoms with van der Waals surface area (Å²) in [5.41, 5.74) is -0.0250. The van der Waals surface area contributed by atoms with Gasteiger partial charge in [0.15, 0.2) is 0 Å². The summed E-state index contributed by atoms with van der Waals surface area (Å²) >= 11 is 0. The molecule has 106 valence electrons. The lowest BCUT2D eigenvalue weighted by Gasteiger charge is -2.16. The van der Waals surface area contributed by atoms with Gasteiger partial charge in [0, 0.05) is 18.8 Å². The number of nitrogens with one attached hydrogen (secondary N) is 1. The van der Waals surface area contributed by atoms with Crippen LogP contribution in [-0.2, 0) is 12.7 Å². The molecule has 2 nitrogen and oxygen atoms in total. The van der Waals surface area contributed by atoms with Gasteiger partial charge < -0.3 is 5.32 Å². The van der Waals surface area contributed by atoms with Crippen molar-refractivity contribution in [2.24, 2.45) is 0 Å². The zero-order valence-corrected chi connectivity index (χ0v) is 10.8. The molecular weight excluding hydrogens is 253 g/mol. The van der Waals surface area contributed by atoms with Crippen molar-refractivity contribution in [3.63, 3.8) is 0 Å². The first-order valence-electron chi connectivity index (χ1n) is 6.81. The number of nitrogens with zero attached hydrogens (tertiary/aromatic N) is 1. The van der Waals surface area contributed by atoms with E-state index >= 15 is 0 Å². The molecule has 1 heterocycles. The number of pyridine rings is 1. The normalized spacial score (nSPS) is 18.3. The minimum atomic E-state index is -4.31. The van der Waals surface area contributed by atoms with E-state index < -0.39 is 11.7 Å². The molecule has 2 rings (SSSR count). The fraction of sp³-hybridized carbons (Fsp3) is 0.643. The van der Waals surface area contributed by atoms with Crippen molar-refractivity contribution in [2.45, 2.75) is 57.3 Å². The molecule has 1 aromatic rings. The Balaban J connectivity index is 1.85. The van der Waals surface area contributed by atoms with Crippen LogP contribution in [0.2, 0.25) is 0 Å². The fourth-order valence-corrected chi connectivity index (χ4v) is 2.43. The average molecular weight is 272 g/mol. The summed E-state index contributed by atoms with van der Waals surface area (Å²) in [6.07, 6.45) is 3.95. The van der Waals surface area contributed by atoms with Crippen LogP contribution in [0.1, 0.15) is 49.8 Å². The van der Waals surface area contributed by atoms with Crippen LogP contribution in [-0.4, -0.2) is 11.0 Å². The van der Waals surface area contributed by atoms with Crippen molar-refractivity contribution in [3.8, 4) is 0 Å². The molecule has 1 aliphatic carbocycles. The van der Waals surface area contributed by atoms with Crippen molar-refractivity contribution < 1.29 is 13.2 Å². The van der Waals surface area contributed by atoms with Crippen molar-refractivity contribution in [3.05, 3.63) is 29.6 Å². The van der Waals surface area contributed by atoms with E-state index in [1.54, 1.807) is 0 Å². The highest BCUT2D eigenvalue weighted by Crippen LogP contribution is 2.28. The Morgan fingerprint density at radius 1 is 1.11 bits per heavy atom. The Labute approximate surface area is 111 Å². The van der Waals surface area contributed by atoms with E-state index in [1.165, 1.54) is 31.7 Å². The summed E-state index contributed by atoms with van der Waals surface area (Å²) < 4.78 is 37.2. The Hall–Kier alpha value is -1.10. The molecule has 1 saturated carbocycles. The molecule has 1 aliphatic rings. The first-order chi connectivity index (χ1) is 9.05. The molecule has 0 spiro atoms. The van der Waals surface area contributed by atoms with Crippen LogP contribution in [0.4, 0.5) is 13.2 Å². The second-order valence-electron chi connectivity index (χ2n) is 5.11. The van der Waals surface area contributed by atoms with Crippen molar-refractivity contribution in [2.75, 3.05) is 0 Å². The van der Waals surface area contributed by atoms with Crippen LogP contribution >= 0.6 is 0 Å². The number of hydrogen-bond acceptors (Lipinski definition) is 2. The molecule has 0 saturated heterocycles. The average Bonchev–Trinajstić information content (AvgIpc) is 2.64. The maximum atomic E-state index is 12.4. The van der Waals surface area contributed by atoms with Gasteiger partial charge in [-0.05, 0) is 25.0 Å². The summed E-state index contributed by atoms with van der Waals surface area (Å²) in [5, 5.41) is 3.39. The van der Waals surface area contributed by atoms with Gasteiger partial charge in [-0.3, -0.25) is 4.98 Å². The van der Waals surface area contributed by atoms with E-state index in [4.69, 9.17) is 0 Å². The molecule has 0 aromatic carbocycles. The van der Waals surface area contributed by atoms with E-state index in [0.29, 0.717) is 18.3 Å². The van der Waals surface area contributed by atoms with E-state index in [0.717, 1.165) is 25.1 Å².